The molecule has 0 aliphatic carbocycles. The Kier molecular flexibility index (Phi) is 6.52. The van der Waals surface area contributed by atoms with Crippen molar-refractivity contribution >= 4 is 23.2 Å². The number of rotatable bonds is 8. The highest BCUT2D eigenvalue weighted by molar-refractivity contribution is 7.15. The standard InChI is InChI=1S/C18H22N2O4S/c1-11(2)8-9-19-15(21)10-24-16-12(3)25-17(20-16)13-4-6-14(7-5-13)18(22)23/h4-7,11H,8-10H2,1-3H3,(H,19,21)(H,22,23). The predicted molar refractivity (Wildman–Crippen MR) is 97.2 cm³/mol. The van der Waals surface area contributed by atoms with Crippen molar-refractivity contribution in [2.75, 3.05) is 13.2 Å². The zero-order valence-electron chi connectivity index (χ0n) is 14.5. The fourth-order valence-electron chi connectivity index (χ4n) is 2.08. The summed E-state index contributed by atoms with van der Waals surface area (Å²) in [6.45, 7) is 6.65. The summed E-state index contributed by atoms with van der Waals surface area (Å²) in [6.07, 6.45) is 0.929. The molecule has 0 radical (unpaired) electrons. The Bertz CT molecular complexity index is 738. The first-order valence-corrected chi connectivity index (χ1v) is 8.89. The molecule has 0 bridgehead atoms. The number of carboxylic acid groups (broad SMARTS) is 1. The first kappa shape index (κ1) is 18.9. The molecule has 6 nitrogen and oxygen atoms in total. The molecule has 1 aromatic heterocycles. The monoisotopic (exact) mass is 362 g/mol. The Labute approximate surface area is 150 Å². The van der Waals surface area contributed by atoms with Gasteiger partial charge in [-0.15, -0.1) is 11.3 Å². The van der Waals surface area contributed by atoms with Gasteiger partial charge in [0.15, 0.2) is 6.61 Å². The second-order valence-corrected chi connectivity index (χ2v) is 7.29. The van der Waals surface area contributed by atoms with Gasteiger partial charge in [0.05, 0.1) is 10.4 Å². The van der Waals surface area contributed by atoms with Crippen LogP contribution < -0.4 is 10.1 Å². The second kappa shape index (κ2) is 8.62. The van der Waals surface area contributed by atoms with Gasteiger partial charge in [-0.05, 0) is 31.4 Å². The lowest BCUT2D eigenvalue weighted by molar-refractivity contribution is -0.123. The predicted octanol–water partition coefficient (Wildman–Crippen LogP) is 3.36. The van der Waals surface area contributed by atoms with E-state index in [0.717, 1.165) is 21.9 Å². The van der Waals surface area contributed by atoms with E-state index in [1.54, 1.807) is 12.1 Å². The van der Waals surface area contributed by atoms with E-state index in [9.17, 15) is 9.59 Å². The van der Waals surface area contributed by atoms with Crippen molar-refractivity contribution < 1.29 is 19.4 Å². The molecule has 0 saturated carbocycles. The van der Waals surface area contributed by atoms with E-state index in [2.05, 4.69) is 24.1 Å². The molecule has 0 aliphatic rings. The smallest absolute Gasteiger partial charge is 0.335 e. The normalized spacial score (nSPS) is 10.7. The number of aromatic nitrogens is 1. The molecule has 7 heteroatoms. The number of amides is 1. The largest absolute Gasteiger partial charge is 0.478 e. The molecule has 1 aromatic carbocycles. The topological polar surface area (TPSA) is 88.5 Å². The summed E-state index contributed by atoms with van der Waals surface area (Å²) in [5.41, 5.74) is 1.04. The third kappa shape index (κ3) is 5.56. The second-order valence-electron chi connectivity index (χ2n) is 6.08. The maximum absolute atomic E-state index is 11.8. The number of hydrogen-bond donors (Lipinski definition) is 2. The molecule has 1 amide bonds. The van der Waals surface area contributed by atoms with Gasteiger partial charge >= 0.3 is 5.97 Å². The number of carbonyl (C=O) groups excluding carboxylic acids is 1. The van der Waals surface area contributed by atoms with Gasteiger partial charge in [0.2, 0.25) is 5.88 Å². The Morgan fingerprint density at radius 1 is 1.28 bits per heavy atom. The van der Waals surface area contributed by atoms with E-state index >= 15 is 0 Å². The quantitative estimate of drug-likeness (QED) is 0.752. The van der Waals surface area contributed by atoms with Crippen molar-refractivity contribution in [3.8, 4) is 16.5 Å². The van der Waals surface area contributed by atoms with E-state index in [1.807, 2.05) is 6.92 Å². The number of ether oxygens (including phenoxy) is 1. The highest BCUT2D eigenvalue weighted by atomic mass is 32.1. The van der Waals surface area contributed by atoms with Crippen LogP contribution in [-0.4, -0.2) is 35.1 Å². The van der Waals surface area contributed by atoms with Gasteiger partial charge in [-0.2, -0.15) is 0 Å². The van der Waals surface area contributed by atoms with Crippen LogP contribution in [0.5, 0.6) is 5.88 Å². The van der Waals surface area contributed by atoms with E-state index < -0.39 is 5.97 Å². The van der Waals surface area contributed by atoms with Crippen molar-refractivity contribution in [3.63, 3.8) is 0 Å². The van der Waals surface area contributed by atoms with Gasteiger partial charge in [0.1, 0.15) is 5.01 Å². The molecule has 0 unspecified atom stereocenters. The maximum Gasteiger partial charge on any atom is 0.335 e. The lowest BCUT2D eigenvalue weighted by Crippen LogP contribution is -2.30. The van der Waals surface area contributed by atoms with Crippen LogP contribution in [0.2, 0.25) is 0 Å². The van der Waals surface area contributed by atoms with E-state index in [1.165, 1.54) is 23.5 Å². The highest BCUT2D eigenvalue weighted by Gasteiger charge is 2.13. The van der Waals surface area contributed by atoms with Crippen LogP contribution in [0.25, 0.3) is 10.6 Å². The number of aryl methyl sites for hydroxylation is 1. The maximum atomic E-state index is 11.8. The van der Waals surface area contributed by atoms with Crippen LogP contribution in [0, 0.1) is 12.8 Å². The van der Waals surface area contributed by atoms with E-state index in [0.29, 0.717) is 18.3 Å². The van der Waals surface area contributed by atoms with E-state index in [-0.39, 0.29) is 18.1 Å². The molecular weight excluding hydrogens is 340 g/mol. The summed E-state index contributed by atoms with van der Waals surface area (Å²) in [5, 5.41) is 12.5. The molecule has 2 N–H and O–H groups in total. The van der Waals surface area contributed by atoms with Crippen LogP contribution in [-0.2, 0) is 4.79 Å². The molecular formula is C18H22N2O4S. The highest BCUT2D eigenvalue weighted by Crippen LogP contribution is 2.31. The molecule has 134 valence electrons. The minimum Gasteiger partial charge on any atom is -0.478 e. The first-order chi connectivity index (χ1) is 11.9. The van der Waals surface area contributed by atoms with Gasteiger partial charge < -0.3 is 15.2 Å². The van der Waals surface area contributed by atoms with E-state index in [4.69, 9.17) is 9.84 Å². The molecule has 0 fully saturated rings. The van der Waals surface area contributed by atoms with Crippen molar-refractivity contribution in [3.05, 3.63) is 34.7 Å². The Balaban J connectivity index is 1.95. The first-order valence-electron chi connectivity index (χ1n) is 8.07. The average Bonchev–Trinajstić information content (AvgIpc) is 2.93. The number of nitrogens with one attached hydrogen (secondary N) is 1. The van der Waals surface area contributed by atoms with Gasteiger partial charge in [-0.3, -0.25) is 4.79 Å². The zero-order chi connectivity index (χ0) is 18.4. The minimum absolute atomic E-state index is 0.0694. The number of carboxylic acids is 1. The Hall–Kier alpha value is -2.41. The van der Waals surface area contributed by atoms with Crippen LogP contribution in [0.1, 0.15) is 35.5 Å². The average molecular weight is 362 g/mol. The Morgan fingerprint density at radius 3 is 2.56 bits per heavy atom. The fraction of sp³-hybridized carbons (Fsp3) is 0.389. The third-order valence-corrected chi connectivity index (χ3v) is 4.52. The van der Waals surface area contributed by atoms with Crippen molar-refractivity contribution in [2.45, 2.75) is 27.2 Å². The molecule has 0 aliphatic heterocycles. The van der Waals surface area contributed by atoms with Gasteiger partial charge in [-0.25, -0.2) is 9.78 Å². The number of benzene rings is 1. The van der Waals surface area contributed by atoms with Crippen molar-refractivity contribution in [1.82, 2.24) is 10.3 Å². The Morgan fingerprint density at radius 2 is 1.96 bits per heavy atom. The molecule has 2 aromatic rings. The zero-order valence-corrected chi connectivity index (χ0v) is 15.4. The number of aromatic carboxylic acids is 1. The summed E-state index contributed by atoms with van der Waals surface area (Å²) >= 11 is 1.44. The van der Waals surface area contributed by atoms with Crippen LogP contribution in [0.3, 0.4) is 0 Å². The third-order valence-electron chi connectivity index (χ3n) is 3.52. The number of nitrogens with zero attached hydrogens (tertiary/aromatic N) is 1. The fourth-order valence-corrected chi connectivity index (χ4v) is 2.94. The lowest BCUT2D eigenvalue weighted by atomic mass is 10.1. The number of hydrogen-bond acceptors (Lipinski definition) is 5. The minimum atomic E-state index is -0.964. The summed E-state index contributed by atoms with van der Waals surface area (Å²) in [6, 6.07) is 6.50. The molecule has 0 atom stereocenters. The summed E-state index contributed by atoms with van der Waals surface area (Å²) in [5.74, 6) is -0.159. The number of thiazole rings is 1. The molecule has 1 heterocycles. The van der Waals surface area contributed by atoms with Gasteiger partial charge in [0.25, 0.3) is 5.91 Å². The van der Waals surface area contributed by atoms with Gasteiger partial charge in [0, 0.05) is 12.1 Å². The van der Waals surface area contributed by atoms with Crippen molar-refractivity contribution in [1.29, 1.82) is 0 Å². The molecule has 0 saturated heterocycles. The van der Waals surface area contributed by atoms with Crippen molar-refractivity contribution in [2.24, 2.45) is 5.92 Å². The molecule has 2 rings (SSSR count). The summed E-state index contributed by atoms with van der Waals surface area (Å²) < 4.78 is 5.51. The molecule has 25 heavy (non-hydrogen) atoms. The van der Waals surface area contributed by atoms with Crippen LogP contribution in [0.15, 0.2) is 24.3 Å². The van der Waals surface area contributed by atoms with Crippen LogP contribution >= 0.6 is 11.3 Å². The lowest BCUT2D eigenvalue weighted by Gasteiger charge is -2.07. The SMILES string of the molecule is Cc1sc(-c2ccc(C(=O)O)cc2)nc1OCC(=O)NCCC(C)C. The summed E-state index contributed by atoms with van der Waals surface area (Å²) in [4.78, 5) is 27.9. The van der Waals surface area contributed by atoms with Crippen LogP contribution in [0.4, 0.5) is 0 Å². The number of carbonyl (C=O) groups is 2. The van der Waals surface area contributed by atoms with Gasteiger partial charge in [-0.1, -0.05) is 26.0 Å². The molecule has 0 spiro atoms. The summed E-state index contributed by atoms with van der Waals surface area (Å²) in [7, 11) is 0.